The van der Waals surface area contributed by atoms with Crippen LogP contribution in [0.5, 0.6) is 5.75 Å². The van der Waals surface area contributed by atoms with Crippen LogP contribution >= 0.6 is 0 Å². The summed E-state index contributed by atoms with van der Waals surface area (Å²) >= 11 is 0. The number of ether oxygens (including phenoxy) is 1. The number of benzene rings is 1. The molecule has 0 radical (unpaired) electrons. The van der Waals surface area contributed by atoms with E-state index in [4.69, 9.17) is 4.84 Å². The standard InChI is InChI=1S/C22H24F3N3O4S/c23-22(24,25)32-19-6-8-20(9-7-19)33(29,30)28-12-10-17(11-13-28)27-31-15-18-14-16-4-2-1-3-5-21(16)26-18/h2-9,18,26H,1,10-15H2. The van der Waals surface area contributed by atoms with Crippen LogP contribution in [0.3, 0.4) is 0 Å². The van der Waals surface area contributed by atoms with Gasteiger partial charge in [0, 0.05) is 31.6 Å². The van der Waals surface area contributed by atoms with Gasteiger partial charge >= 0.3 is 6.36 Å². The van der Waals surface area contributed by atoms with Crippen LogP contribution in [0, 0.1) is 0 Å². The SMILES string of the molecule is O=S(=O)(c1ccc(OC(F)(F)F)cc1)N1CCC(=NOCC2CC3=C(C=CCC=C3)N2)CC1. The first kappa shape index (κ1) is 23.4. The monoisotopic (exact) mass is 483 g/mol. The summed E-state index contributed by atoms with van der Waals surface area (Å²) in [6.07, 6.45) is 6.23. The van der Waals surface area contributed by atoms with Crippen molar-refractivity contribution in [3.8, 4) is 5.75 Å². The molecular formula is C22H24F3N3O4S. The van der Waals surface area contributed by atoms with Gasteiger partial charge < -0.3 is 14.9 Å². The van der Waals surface area contributed by atoms with Crippen LogP contribution in [0.15, 0.2) is 69.9 Å². The van der Waals surface area contributed by atoms with Gasteiger partial charge in [-0.15, -0.1) is 13.2 Å². The maximum absolute atomic E-state index is 12.8. The summed E-state index contributed by atoms with van der Waals surface area (Å²) in [6.45, 7) is 0.851. The number of allylic oxidation sites excluding steroid dienone is 4. The van der Waals surface area contributed by atoms with Gasteiger partial charge in [0.15, 0.2) is 0 Å². The molecule has 7 nitrogen and oxygen atoms in total. The fraction of sp³-hybridized carbons (Fsp3) is 0.409. The van der Waals surface area contributed by atoms with Gasteiger partial charge in [0.05, 0.1) is 16.6 Å². The number of nitrogens with one attached hydrogen (secondary N) is 1. The average molecular weight is 484 g/mol. The molecule has 2 aliphatic heterocycles. The maximum Gasteiger partial charge on any atom is 0.573 e. The molecule has 1 aromatic rings. The number of hydrogen-bond acceptors (Lipinski definition) is 6. The second-order valence-electron chi connectivity index (χ2n) is 7.90. The Bertz CT molecular complexity index is 1060. The van der Waals surface area contributed by atoms with Crippen molar-refractivity contribution in [1.82, 2.24) is 9.62 Å². The minimum absolute atomic E-state index is 0.0867. The molecule has 1 aromatic carbocycles. The van der Waals surface area contributed by atoms with Crippen molar-refractivity contribution >= 4 is 15.7 Å². The number of sulfonamides is 1. The van der Waals surface area contributed by atoms with Gasteiger partial charge in [-0.3, -0.25) is 0 Å². The predicted octanol–water partition coefficient (Wildman–Crippen LogP) is 3.87. The third-order valence-electron chi connectivity index (χ3n) is 5.51. The van der Waals surface area contributed by atoms with Crippen molar-refractivity contribution in [1.29, 1.82) is 0 Å². The van der Waals surface area contributed by atoms with E-state index in [1.807, 2.05) is 0 Å². The van der Waals surface area contributed by atoms with Gasteiger partial charge in [-0.1, -0.05) is 23.4 Å². The van der Waals surface area contributed by atoms with Gasteiger partial charge in [0.2, 0.25) is 10.0 Å². The van der Waals surface area contributed by atoms with Crippen LogP contribution in [-0.4, -0.2) is 50.5 Å². The summed E-state index contributed by atoms with van der Waals surface area (Å²) in [5, 5.41) is 7.62. The Morgan fingerprint density at radius 2 is 1.79 bits per heavy atom. The average Bonchev–Trinajstić information content (AvgIpc) is 3.02. The first-order chi connectivity index (χ1) is 15.7. The van der Waals surface area contributed by atoms with Crippen molar-refractivity contribution in [2.24, 2.45) is 5.16 Å². The number of alkyl halides is 3. The van der Waals surface area contributed by atoms with Crippen LogP contribution in [0.2, 0.25) is 0 Å². The number of nitrogens with zero attached hydrogens (tertiary/aromatic N) is 2. The van der Waals surface area contributed by atoms with Gasteiger partial charge in [-0.2, -0.15) is 4.31 Å². The van der Waals surface area contributed by atoms with E-state index in [0.717, 1.165) is 48.5 Å². The highest BCUT2D eigenvalue weighted by atomic mass is 32.2. The predicted molar refractivity (Wildman–Crippen MR) is 116 cm³/mol. The van der Waals surface area contributed by atoms with Gasteiger partial charge in [0.1, 0.15) is 12.4 Å². The molecule has 0 saturated carbocycles. The lowest BCUT2D eigenvalue weighted by Crippen LogP contribution is -2.38. The molecule has 1 aliphatic carbocycles. The van der Waals surface area contributed by atoms with E-state index in [9.17, 15) is 21.6 Å². The molecule has 0 aromatic heterocycles. The Balaban J connectivity index is 1.26. The molecule has 11 heteroatoms. The number of hydrogen-bond donors (Lipinski definition) is 1. The molecule has 1 saturated heterocycles. The topological polar surface area (TPSA) is 80.2 Å². The molecule has 0 bridgehead atoms. The third kappa shape index (κ3) is 5.97. The van der Waals surface area contributed by atoms with Crippen LogP contribution in [0.1, 0.15) is 25.7 Å². The molecule has 33 heavy (non-hydrogen) atoms. The first-order valence-electron chi connectivity index (χ1n) is 10.6. The van der Waals surface area contributed by atoms with E-state index in [-0.39, 0.29) is 24.0 Å². The summed E-state index contributed by atoms with van der Waals surface area (Å²) in [4.78, 5) is 5.44. The molecule has 1 N–H and O–H groups in total. The Morgan fingerprint density at radius 3 is 2.48 bits per heavy atom. The Morgan fingerprint density at radius 1 is 1.09 bits per heavy atom. The number of rotatable bonds is 6. The minimum Gasteiger partial charge on any atom is -0.406 e. The molecule has 3 aliphatic rings. The minimum atomic E-state index is -4.83. The van der Waals surface area contributed by atoms with E-state index < -0.39 is 22.1 Å². The molecule has 1 fully saturated rings. The van der Waals surface area contributed by atoms with E-state index in [0.29, 0.717) is 19.4 Å². The number of piperidine rings is 1. The largest absolute Gasteiger partial charge is 0.573 e. The zero-order valence-electron chi connectivity index (χ0n) is 17.7. The van der Waals surface area contributed by atoms with Gasteiger partial charge in [0.25, 0.3) is 0 Å². The summed E-state index contributed by atoms with van der Waals surface area (Å²) in [7, 11) is -3.82. The van der Waals surface area contributed by atoms with E-state index >= 15 is 0 Å². The van der Waals surface area contributed by atoms with Crippen molar-refractivity contribution in [3.05, 3.63) is 59.8 Å². The smallest absolute Gasteiger partial charge is 0.406 e. The normalized spacial score (nSPS) is 21.4. The fourth-order valence-corrected chi connectivity index (χ4v) is 5.33. The van der Waals surface area contributed by atoms with Crippen molar-refractivity contribution in [2.75, 3.05) is 19.7 Å². The molecule has 0 spiro atoms. The quantitative estimate of drug-likeness (QED) is 0.622. The second kappa shape index (κ2) is 9.60. The lowest BCUT2D eigenvalue weighted by molar-refractivity contribution is -0.274. The number of oxime groups is 1. The maximum atomic E-state index is 12.8. The van der Waals surface area contributed by atoms with Crippen LogP contribution < -0.4 is 10.1 Å². The zero-order chi connectivity index (χ0) is 23.5. The van der Waals surface area contributed by atoms with Gasteiger partial charge in [-0.05, 0) is 48.8 Å². The Kier molecular flexibility index (Phi) is 6.80. The van der Waals surface area contributed by atoms with Gasteiger partial charge in [-0.25, -0.2) is 8.42 Å². The van der Waals surface area contributed by atoms with Crippen LogP contribution in [0.25, 0.3) is 0 Å². The van der Waals surface area contributed by atoms with E-state index in [1.54, 1.807) is 0 Å². The Hall–Kier alpha value is -2.79. The highest BCUT2D eigenvalue weighted by molar-refractivity contribution is 7.89. The summed E-state index contributed by atoms with van der Waals surface area (Å²) in [6, 6.07) is 4.33. The molecule has 1 unspecified atom stereocenters. The second-order valence-corrected chi connectivity index (χ2v) is 9.84. The molecule has 1 atom stereocenters. The molecule has 2 heterocycles. The highest BCUT2D eigenvalue weighted by Gasteiger charge is 2.32. The van der Waals surface area contributed by atoms with Crippen molar-refractivity contribution < 1.29 is 31.2 Å². The van der Waals surface area contributed by atoms with E-state index in [2.05, 4.69) is 39.5 Å². The highest BCUT2D eigenvalue weighted by Crippen LogP contribution is 2.26. The summed E-state index contributed by atoms with van der Waals surface area (Å²) in [5.41, 5.74) is 3.14. The third-order valence-corrected chi connectivity index (χ3v) is 7.42. The lowest BCUT2D eigenvalue weighted by Gasteiger charge is -2.26. The van der Waals surface area contributed by atoms with Crippen LogP contribution in [-0.2, 0) is 14.9 Å². The first-order valence-corrected chi connectivity index (χ1v) is 12.0. The molecular weight excluding hydrogens is 459 g/mol. The van der Waals surface area contributed by atoms with E-state index in [1.165, 1.54) is 9.88 Å². The van der Waals surface area contributed by atoms with Crippen molar-refractivity contribution in [3.63, 3.8) is 0 Å². The van der Waals surface area contributed by atoms with Crippen LogP contribution in [0.4, 0.5) is 13.2 Å². The fourth-order valence-electron chi connectivity index (χ4n) is 3.88. The Labute approximate surface area is 190 Å². The zero-order valence-corrected chi connectivity index (χ0v) is 18.5. The van der Waals surface area contributed by atoms with Crippen molar-refractivity contribution in [2.45, 2.75) is 43.0 Å². The molecule has 178 valence electrons. The lowest BCUT2D eigenvalue weighted by atomic mass is 10.1. The summed E-state index contributed by atoms with van der Waals surface area (Å²) < 4.78 is 67.5. The molecule has 4 rings (SSSR count). The summed E-state index contributed by atoms with van der Waals surface area (Å²) in [5.74, 6) is -0.470. The number of halogens is 3. The molecule has 0 amide bonds.